The van der Waals surface area contributed by atoms with E-state index >= 15 is 0 Å². The first kappa shape index (κ1) is 14.1. The summed E-state index contributed by atoms with van der Waals surface area (Å²) in [6.07, 6.45) is 3.24. The topological polar surface area (TPSA) is 46.2 Å². The summed E-state index contributed by atoms with van der Waals surface area (Å²) >= 11 is 11.8. The molecule has 0 aromatic heterocycles. The molecule has 1 aromatic carbocycles. The molecule has 2 rings (SSSR count). The molecular weight excluding hydrogens is 276 g/mol. The van der Waals surface area contributed by atoms with Gasteiger partial charge in [-0.25, -0.2) is 4.39 Å². The number of benzene rings is 1. The average Bonchev–Trinajstić information content (AvgIpc) is 2.87. The molecule has 2 nitrogen and oxygen atoms in total. The lowest BCUT2D eigenvalue weighted by Gasteiger charge is -2.25. The second-order valence-electron chi connectivity index (χ2n) is 4.82. The van der Waals surface area contributed by atoms with Gasteiger partial charge in [0, 0.05) is 5.56 Å². The minimum atomic E-state index is -0.834. The molecule has 0 radical (unpaired) electrons. The van der Waals surface area contributed by atoms with Gasteiger partial charge >= 0.3 is 0 Å². The van der Waals surface area contributed by atoms with E-state index in [-0.39, 0.29) is 21.5 Å². The zero-order valence-electron chi connectivity index (χ0n) is 9.87. The van der Waals surface area contributed by atoms with Crippen molar-refractivity contribution in [3.05, 3.63) is 33.6 Å². The summed E-state index contributed by atoms with van der Waals surface area (Å²) in [7, 11) is 0. The van der Waals surface area contributed by atoms with Crippen molar-refractivity contribution in [1.82, 2.24) is 0 Å². The molecule has 0 unspecified atom stereocenters. The molecule has 1 fully saturated rings. The highest BCUT2D eigenvalue weighted by Gasteiger charge is 2.31. The Morgan fingerprint density at radius 1 is 1.28 bits per heavy atom. The Balaban J connectivity index is 2.27. The molecule has 1 aliphatic carbocycles. The van der Waals surface area contributed by atoms with Crippen LogP contribution in [-0.2, 0) is 0 Å². The van der Waals surface area contributed by atoms with Gasteiger partial charge in [-0.3, -0.25) is 0 Å². The third kappa shape index (κ3) is 2.64. The van der Waals surface area contributed by atoms with Gasteiger partial charge in [0.1, 0.15) is 5.82 Å². The molecule has 100 valence electrons. The fourth-order valence-corrected chi connectivity index (χ4v) is 3.06. The number of aliphatic hydroxyl groups excluding tert-OH is 1. The first-order valence-electron chi connectivity index (χ1n) is 6.09. The van der Waals surface area contributed by atoms with Crippen molar-refractivity contribution in [2.75, 3.05) is 0 Å². The van der Waals surface area contributed by atoms with Crippen LogP contribution in [0.1, 0.15) is 37.3 Å². The SMILES string of the molecule is N[C@@H](c1c(F)ccc(Cl)c1Cl)[C@H](O)C1CCCC1. The lowest BCUT2D eigenvalue weighted by atomic mass is 9.90. The van der Waals surface area contributed by atoms with E-state index in [0.29, 0.717) is 0 Å². The second kappa shape index (κ2) is 5.74. The normalized spacial score (nSPS) is 20.1. The van der Waals surface area contributed by atoms with Gasteiger partial charge in [-0.15, -0.1) is 0 Å². The minimum absolute atomic E-state index is 0.0983. The number of hydrogen-bond donors (Lipinski definition) is 2. The summed E-state index contributed by atoms with van der Waals surface area (Å²) in [5.74, 6) is -0.400. The lowest BCUT2D eigenvalue weighted by molar-refractivity contribution is 0.0833. The first-order valence-corrected chi connectivity index (χ1v) is 6.85. The Labute approximate surface area is 116 Å². The monoisotopic (exact) mass is 291 g/mol. The Morgan fingerprint density at radius 3 is 2.50 bits per heavy atom. The van der Waals surface area contributed by atoms with Crippen molar-refractivity contribution >= 4 is 23.2 Å². The van der Waals surface area contributed by atoms with Gasteiger partial charge in [0.15, 0.2) is 0 Å². The predicted molar refractivity (Wildman–Crippen MR) is 71.3 cm³/mol. The summed E-state index contributed by atoms with van der Waals surface area (Å²) in [5.41, 5.74) is 6.07. The van der Waals surface area contributed by atoms with E-state index in [1.54, 1.807) is 0 Å². The highest BCUT2D eigenvalue weighted by Crippen LogP contribution is 2.37. The van der Waals surface area contributed by atoms with E-state index < -0.39 is 18.0 Å². The summed E-state index contributed by atoms with van der Waals surface area (Å²) in [6.45, 7) is 0. The fourth-order valence-electron chi connectivity index (χ4n) is 2.61. The van der Waals surface area contributed by atoms with E-state index in [2.05, 4.69) is 0 Å². The van der Waals surface area contributed by atoms with Crippen molar-refractivity contribution in [1.29, 1.82) is 0 Å². The molecule has 0 spiro atoms. The maximum Gasteiger partial charge on any atom is 0.129 e. The van der Waals surface area contributed by atoms with Crippen LogP contribution in [0.4, 0.5) is 4.39 Å². The van der Waals surface area contributed by atoms with Crippen molar-refractivity contribution < 1.29 is 9.50 Å². The smallest absolute Gasteiger partial charge is 0.129 e. The van der Waals surface area contributed by atoms with Crippen LogP contribution in [0, 0.1) is 11.7 Å². The fraction of sp³-hybridized carbons (Fsp3) is 0.538. The number of rotatable bonds is 3. The van der Waals surface area contributed by atoms with Gasteiger partial charge < -0.3 is 10.8 Å². The molecule has 1 aromatic rings. The largest absolute Gasteiger partial charge is 0.391 e. The summed E-state index contributed by atoms with van der Waals surface area (Å²) in [5, 5.41) is 10.6. The third-order valence-corrected chi connectivity index (χ3v) is 4.48. The van der Waals surface area contributed by atoms with Crippen LogP contribution >= 0.6 is 23.2 Å². The molecule has 0 amide bonds. The Hall–Kier alpha value is -0.350. The van der Waals surface area contributed by atoms with Gasteiger partial charge in [-0.2, -0.15) is 0 Å². The van der Waals surface area contributed by atoms with Gasteiger partial charge in [-0.05, 0) is 30.9 Å². The van der Waals surface area contributed by atoms with Crippen LogP contribution in [0.25, 0.3) is 0 Å². The molecule has 0 bridgehead atoms. The third-order valence-electron chi connectivity index (χ3n) is 3.66. The maximum atomic E-state index is 13.8. The number of nitrogens with two attached hydrogens (primary N) is 1. The van der Waals surface area contributed by atoms with Crippen LogP contribution in [0.15, 0.2) is 12.1 Å². The van der Waals surface area contributed by atoms with E-state index in [1.165, 1.54) is 12.1 Å². The molecule has 0 aliphatic heterocycles. The molecule has 1 saturated carbocycles. The average molecular weight is 292 g/mol. The molecule has 18 heavy (non-hydrogen) atoms. The Morgan fingerprint density at radius 2 is 1.89 bits per heavy atom. The van der Waals surface area contributed by atoms with Crippen molar-refractivity contribution in [3.8, 4) is 0 Å². The highest BCUT2D eigenvalue weighted by atomic mass is 35.5. The van der Waals surface area contributed by atoms with Crippen LogP contribution in [-0.4, -0.2) is 11.2 Å². The lowest BCUT2D eigenvalue weighted by Crippen LogP contribution is -2.32. The van der Waals surface area contributed by atoms with Gasteiger partial charge in [0.2, 0.25) is 0 Å². The second-order valence-corrected chi connectivity index (χ2v) is 5.60. The van der Waals surface area contributed by atoms with Crippen molar-refractivity contribution in [2.45, 2.75) is 37.8 Å². The molecule has 2 atom stereocenters. The zero-order chi connectivity index (χ0) is 13.3. The number of hydrogen-bond acceptors (Lipinski definition) is 2. The van der Waals surface area contributed by atoms with Crippen LogP contribution in [0.3, 0.4) is 0 Å². The quantitative estimate of drug-likeness (QED) is 0.835. The standard InChI is InChI=1S/C13H16Cl2FNO/c14-8-5-6-9(16)10(11(8)15)12(17)13(18)7-3-1-2-4-7/h5-7,12-13,18H,1-4,17H2/t12-,13+/m0/s1. The Bertz CT molecular complexity index is 435. The minimum Gasteiger partial charge on any atom is -0.391 e. The molecule has 0 saturated heterocycles. The Kier molecular flexibility index (Phi) is 4.49. The van der Waals surface area contributed by atoms with Crippen LogP contribution in [0.2, 0.25) is 10.0 Å². The summed E-state index contributed by atoms with van der Waals surface area (Å²) in [6, 6.07) is 1.78. The van der Waals surface area contributed by atoms with E-state index in [9.17, 15) is 9.50 Å². The van der Waals surface area contributed by atoms with Gasteiger partial charge in [-0.1, -0.05) is 36.0 Å². The van der Waals surface area contributed by atoms with Crippen LogP contribution < -0.4 is 5.73 Å². The molecule has 5 heteroatoms. The van der Waals surface area contributed by atoms with Gasteiger partial charge in [0.05, 0.1) is 22.2 Å². The van der Waals surface area contributed by atoms with Gasteiger partial charge in [0.25, 0.3) is 0 Å². The first-order chi connectivity index (χ1) is 8.52. The van der Waals surface area contributed by atoms with Crippen molar-refractivity contribution in [2.24, 2.45) is 11.7 Å². The predicted octanol–water partition coefficient (Wildman–Crippen LogP) is 3.68. The summed E-state index contributed by atoms with van der Waals surface area (Å²) < 4.78 is 13.8. The molecule has 1 aliphatic rings. The highest BCUT2D eigenvalue weighted by molar-refractivity contribution is 6.42. The van der Waals surface area contributed by atoms with Crippen LogP contribution in [0.5, 0.6) is 0 Å². The molecule has 0 heterocycles. The maximum absolute atomic E-state index is 13.8. The van der Waals surface area contributed by atoms with E-state index in [4.69, 9.17) is 28.9 Å². The summed E-state index contributed by atoms with van der Waals surface area (Å²) in [4.78, 5) is 0. The van der Waals surface area contributed by atoms with Crippen molar-refractivity contribution in [3.63, 3.8) is 0 Å². The van der Waals surface area contributed by atoms with E-state index in [1.807, 2.05) is 0 Å². The molecule has 3 N–H and O–H groups in total. The number of halogens is 3. The van der Waals surface area contributed by atoms with E-state index in [0.717, 1.165) is 25.7 Å². The number of aliphatic hydroxyl groups is 1. The zero-order valence-corrected chi connectivity index (χ0v) is 11.4. The molecular formula is C13H16Cl2FNO.